The first kappa shape index (κ1) is 25.8. The fourth-order valence-electron chi connectivity index (χ4n) is 5.26. The Bertz CT molecular complexity index is 1300. The molecule has 6 rings (SSSR count). The molecule has 0 radical (unpaired) electrons. The first-order chi connectivity index (χ1) is 17.8. The van der Waals surface area contributed by atoms with Crippen LogP contribution in [0.5, 0.6) is 0 Å². The third kappa shape index (κ3) is 6.01. The van der Waals surface area contributed by atoms with Crippen molar-refractivity contribution in [1.29, 1.82) is 0 Å². The van der Waals surface area contributed by atoms with Crippen LogP contribution in [0.4, 0.5) is 10.1 Å². The van der Waals surface area contributed by atoms with Gasteiger partial charge in [-0.25, -0.2) is 9.37 Å². The predicted molar refractivity (Wildman–Crippen MR) is 150 cm³/mol. The Morgan fingerprint density at radius 2 is 2.11 bits per heavy atom. The van der Waals surface area contributed by atoms with E-state index in [9.17, 15) is 9.18 Å². The van der Waals surface area contributed by atoms with Gasteiger partial charge in [0.2, 0.25) is 5.91 Å². The summed E-state index contributed by atoms with van der Waals surface area (Å²) in [6.45, 7) is 6.87. The maximum Gasteiger partial charge on any atom is 0.228 e. The normalized spacial score (nSPS) is 21.9. The minimum atomic E-state index is -0.162. The lowest BCUT2D eigenvalue weighted by Crippen LogP contribution is -2.32. The number of rotatable bonds is 6. The number of hydrogen-bond acceptors (Lipinski definition) is 3. The Kier molecular flexibility index (Phi) is 7.57. The summed E-state index contributed by atoms with van der Waals surface area (Å²) < 4.78 is 14.2. The Hall–Kier alpha value is -2.86. The Morgan fingerprint density at radius 3 is 2.76 bits per heavy atom. The van der Waals surface area contributed by atoms with E-state index in [0.29, 0.717) is 18.9 Å². The van der Waals surface area contributed by atoms with E-state index in [4.69, 9.17) is 0 Å². The number of hydrogen-bond donors (Lipinski definition) is 0. The second-order valence-corrected chi connectivity index (χ2v) is 12.1. The molecule has 2 heterocycles. The quantitative estimate of drug-likeness (QED) is 0.348. The fourth-order valence-corrected chi connectivity index (χ4v) is 6.75. The van der Waals surface area contributed by atoms with E-state index in [0.717, 1.165) is 34.7 Å². The van der Waals surface area contributed by atoms with Gasteiger partial charge in [-0.3, -0.25) is 4.79 Å². The van der Waals surface area contributed by atoms with Crippen LogP contribution < -0.4 is 4.90 Å². The topological polar surface area (TPSA) is 38.1 Å². The van der Waals surface area contributed by atoms with E-state index in [1.807, 2.05) is 47.5 Å². The summed E-state index contributed by atoms with van der Waals surface area (Å²) in [5.41, 5.74) is 4.81. The van der Waals surface area contributed by atoms with Crippen molar-refractivity contribution in [2.45, 2.75) is 64.2 Å². The second kappa shape index (κ2) is 10.9. The molecule has 194 valence electrons. The molecule has 0 spiro atoms. The van der Waals surface area contributed by atoms with Crippen LogP contribution in [-0.2, 0) is 24.8 Å². The van der Waals surface area contributed by atoms with Crippen molar-refractivity contribution in [3.63, 3.8) is 0 Å². The first-order valence-corrected chi connectivity index (χ1v) is 14.2. The molecule has 1 saturated carbocycles. The molecule has 1 aromatic heterocycles. The molecule has 4 nitrogen and oxygen atoms in total. The number of anilines is 1. The fraction of sp³-hybridized carbons (Fsp3) is 0.419. The molecule has 1 fully saturated rings. The Labute approximate surface area is 224 Å². The summed E-state index contributed by atoms with van der Waals surface area (Å²) in [5, 5.41) is 0.796. The molecule has 3 aromatic rings. The molecule has 1 amide bonds. The molecule has 4 atom stereocenters. The van der Waals surface area contributed by atoms with Gasteiger partial charge < -0.3 is 9.47 Å². The molecule has 3 aliphatic rings. The Morgan fingerprint density at radius 1 is 1.27 bits per heavy atom. The number of carbonyl (C=O) groups excluding carboxylic acids is 1. The smallest absolute Gasteiger partial charge is 0.228 e. The number of aryl methyl sites for hydroxylation is 3. The number of carbonyl (C=O) groups is 1. The maximum absolute atomic E-state index is 13.5. The van der Waals surface area contributed by atoms with E-state index < -0.39 is 0 Å². The highest BCUT2D eigenvalue weighted by molar-refractivity contribution is 8.04. The van der Waals surface area contributed by atoms with Crippen LogP contribution in [0.1, 0.15) is 61.5 Å². The van der Waals surface area contributed by atoms with Crippen molar-refractivity contribution >= 4 is 23.4 Å². The number of imidazole rings is 1. The number of benzene rings is 2. The lowest BCUT2D eigenvalue weighted by atomic mass is 10.0. The van der Waals surface area contributed by atoms with Crippen molar-refractivity contribution < 1.29 is 9.18 Å². The lowest BCUT2D eigenvalue weighted by Gasteiger charge is -2.25. The van der Waals surface area contributed by atoms with Gasteiger partial charge in [-0.2, -0.15) is 0 Å². The van der Waals surface area contributed by atoms with Crippen LogP contribution in [0.15, 0.2) is 65.8 Å². The SMILES string of the molecule is C[C@H](CC(=O)N(Cc1nccn1C)c1ccc2c(c1)[C@H](C)CC2)C1=CC2CC2S1.Cc1cccc(F)c1. The van der Waals surface area contributed by atoms with Gasteiger partial charge in [0.25, 0.3) is 0 Å². The van der Waals surface area contributed by atoms with Gasteiger partial charge in [-0.15, -0.1) is 11.8 Å². The monoisotopic (exact) mass is 517 g/mol. The van der Waals surface area contributed by atoms with Crippen molar-refractivity contribution in [2.75, 3.05) is 4.90 Å². The zero-order valence-electron chi connectivity index (χ0n) is 22.2. The minimum absolute atomic E-state index is 0.162. The van der Waals surface area contributed by atoms with Crippen LogP contribution in [0.25, 0.3) is 0 Å². The van der Waals surface area contributed by atoms with E-state index in [1.165, 1.54) is 41.0 Å². The van der Waals surface area contributed by atoms with Gasteiger partial charge in [0.15, 0.2) is 0 Å². The summed E-state index contributed by atoms with van der Waals surface area (Å²) in [4.78, 5) is 21.3. The number of thioether (sulfide) groups is 1. The zero-order valence-corrected chi connectivity index (χ0v) is 23.0. The summed E-state index contributed by atoms with van der Waals surface area (Å²) >= 11 is 2.00. The van der Waals surface area contributed by atoms with Crippen LogP contribution in [0, 0.1) is 24.6 Å². The standard InChI is InChI=1S/C24H29N3OS.C7H7F/c1-15-4-5-17-6-7-19(13-20(15)17)27(14-23-25-8-9-26(23)3)24(28)10-16(2)21-11-18-12-22(18)29-21;1-6-3-2-4-7(8)5-6/h6-9,11,13,15-16,18,22H,4-5,10,12,14H2,1-3H3;2-5H,1H3/t15-,16-,18?,22?;/m1./s1. The average molecular weight is 518 g/mol. The molecule has 6 heteroatoms. The van der Waals surface area contributed by atoms with E-state index in [2.05, 4.69) is 43.1 Å². The summed E-state index contributed by atoms with van der Waals surface area (Å²) in [7, 11) is 1.99. The third-order valence-electron chi connectivity index (χ3n) is 7.73. The van der Waals surface area contributed by atoms with E-state index >= 15 is 0 Å². The number of aromatic nitrogens is 2. The molecule has 0 saturated heterocycles. The molecule has 2 unspecified atom stereocenters. The van der Waals surface area contributed by atoms with Gasteiger partial charge in [0, 0.05) is 36.8 Å². The van der Waals surface area contributed by atoms with Gasteiger partial charge >= 0.3 is 0 Å². The molecule has 1 aliphatic heterocycles. The highest BCUT2D eigenvalue weighted by Gasteiger charge is 2.43. The molecule has 2 aromatic carbocycles. The van der Waals surface area contributed by atoms with Gasteiger partial charge in [0.1, 0.15) is 11.6 Å². The average Bonchev–Trinajstić information content (AvgIpc) is 3.16. The summed E-state index contributed by atoms with van der Waals surface area (Å²) in [6, 6.07) is 13.1. The van der Waals surface area contributed by atoms with Crippen LogP contribution in [0.3, 0.4) is 0 Å². The minimum Gasteiger partial charge on any atom is -0.337 e. The van der Waals surface area contributed by atoms with Crippen molar-refractivity contribution in [1.82, 2.24) is 9.55 Å². The van der Waals surface area contributed by atoms with E-state index in [1.54, 1.807) is 12.3 Å². The predicted octanol–water partition coefficient (Wildman–Crippen LogP) is 7.18. The molecular formula is C31H36FN3OS. The highest BCUT2D eigenvalue weighted by atomic mass is 32.2. The van der Waals surface area contributed by atoms with Gasteiger partial charge in [-0.05, 0) is 89.8 Å². The van der Waals surface area contributed by atoms with Crippen LogP contribution in [0.2, 0.25) is 0 Å². The second-order valence-electron chi connectivity index (χ2n) is 10.8. The molecule has 37 heavy (non-hydrogen) atoms. The third-order valence-corrected chi connectivity index (χ3v) is 9.39. The number of allylic oxidation sites excluding steroid dienone is 2. The summed E-state index contributed by atoms with van der Waals surface area (Å²) in [6.07, 6.45) is 10.4. The molecule has 0 N–H and O–H groups in total. The number of halogens is 1. The largest absolute Gasteiger partial charge is 0.337 e. The number of nitrogens with zero attached hydrogens (tertiary/aromatic N) is 3. The Balaban J connectivity index is 0.000000301. The van der Waals surface area contributed by atoms with Gasteiger partial charge in [0.05, 0.1) is 6.54 Å². The first-order valence-electron chi connectivity index (χ1n) is 13.3. The maximum atomic E-state index is 13.5. The molecular weight excluding hydrogens is 481 g/mol. The number of fused-ring (bicyclic) bond motifs is 2. The van der Waals surface area contributed by atoms with Gasteiger partial charge in [-0.1, -0.05) is 38.1 Å². The lowest BCUT2D eigenvalue weighted by molar-refractivity contribution is -0.119. The number of amides is 1. The van der Waals surface area contributed by atoms with Crippen molar-refractivity contribution in [3.8, 4) is 0 Å². The zero-order chi connectivity index (χ0) is 26.1. The van der Waals surface area contributed by atoms with Crippen LogP contribution in [-0.4, -0.2) is 20.7 Å². The van der Waals surface area contributed by atoms with E-state index in [-0.39, 0.29) is 17.6 Å². The highest BCUT2D eigenvalue weighted by Crippen LogP contribution is 2.55. The summed E-state index contributed by atoms with van der Waals surface area (Å²) in [5.74, 6) is 2.57. The van der Waals surface area contributed by atoms with Crippen molar-refractivity contribution in [2.24, 2.45) is 18.9 Å². The van der Waals surface area contributed by atoms with Crippen LogP contribution >= 0.6 is 11.8 Å². The van der Waals surface area contributed by atoms with Crippen molar-refractivity contribution in [3.05, 3.63) is 94.2 Å². The molecule has 0 bridgehead atoms. The molecule has 2 aliphatic carbocycles.